The fraction of sp³-hybridized carbons (Fsp3) is 0.318. The monoisotopic (exact) mass is 446 g/mol. The first-order chi connectivity index (χ1) is 15.4. The van der Waals surface area contributed by atoms with Crippen molar-refractivity contribution < 1.29 is 38.1 Å². The van der Waals surface area contributed by atoms with E-state index in [1.54, 1.807) is 24.3 Å². The molecule has 0 bridgehead atoms. The van der Waals surface area contributed by atoms with E-state index in [9.17, 15) is 14.4 Å². The topological polar surface area (TPSA) is 121 Å². The van der Waals surface area contributed by atoms with Gasteiger partial charge in [0.15, 0.2) is 18.1 Å². The predicted molar refractivity (Wildman–Crippen MR) is 116 cm³/mol. The van der Waals surface area contributed by atoms with Crippen LogP contribution in [0, 0.1) is 0 Å². The predicted octanol–water partition coefficient (Wildman–Crippen LogP) is 2.02. The van der Waals surface area contributed by atoms with E-state index in [1.165, 1.54) is 33.5 Å². The van der Waals surface area contributed by atoms with Gasteiger partial charge in [-0.3, -0.25) is 14.4 Å². The summed E-state index contributed by atoms with van der Waals surface area (Å²) in [6.07, 6.45) is 0. The van der Waals surface area contributed by atoms with E-state index >= 15 is 0 Å². The van der Waals surface area contributed by atoms with Gasteiger partial charge < -0.3 is 34.3 Å². The van der Waals surface area contributed by atoms with Gasteiger partial charge in [0.25, 0.3) is 11.8 Å². The highest BCUT2D eigenvalue weighted by Gasteiger charge is 2.18. The van der Waals surface area contributed by atoms with Crippen LogP contribution in [0.15, 0.2) is 36.4 Å². The summed E-state index contributed by atoms with van der Waals surface area (Å²) in [6, 6.07) is 9.66. The molecule has 0 atom stereocenters. The molecule has 0 radical (unpaired) electrons. The normalized spacial score (nSPS) is 10.0. The summed E-state index contributed by atoms with van der Waals surface area (Å²) in [5.41, 5.74) is 0.728. The third kappa shape index (κ3) is 6.79. The van der Waals surface area contributed by atoms with E-state index in [0.717, 1.165) is 0 Å². The number of nitrogens with one attached hydrogen (secondary N) is 2. The Bertz CT molecular complexity index is 918. The summed E-state index contributed by atoms with van der Waals surface area (Å²) in [7, 11) is 4.30. The Hall–Kier alpha value is -3.95. The van der Waals surface area contributed by atoms with Gasteiger partial charge in [-0.1, -0.05) is 0 Å². The second-order valence-electron chi connectivity index (χ2n) is 6.26. The number of benzene rings is 2. The zero-order valence-corrected chi connectivity index (χ0v) is 18.4. The second-order valence-corrected chi connectivity index (χ2v) is 6.26. The lowest BCUT2D eigenvalue weighted by Crippen LogP contribution is -2.32. The molecule has 2 aromatic carbocycles. The van der Waals surface area contributed by atoms with Crippen molar-refractivity contribution in [3.63, 3.8) is 0 Å². The molecule has 0 unspecified atom stereocenters. The van der Waals surface area contributed by atoms with Crippen LogP contribution in [-0.2, 0) is 14.3 Å². The number of hydrogen-bond acceptors (Lipinski definition) is 8. The minimum absolute atomic E-state index is 0.195. The molecule has 0 aliphatic rings. The second kappa shape index (κ2) is 12.0. The van der Waals surface area contributed by atoms with Crippen LogP contribution in [-0.4, -0.2) is 58.9 Å². The molecule has 0 saturated carbocycles. The molecule has 0 aromatic heterocycles. The molecule has 10 heteroatoms. The maximum Gasteiger partial charge on any atom is 0.325 e. The molecule has 2 N–H and O–H groups in total. The Morgan fingerprint density at radius 3 is 2.06 bits per heavy atom. The van der Waals surface area contributed by atoms with Gasteiger partial charge in [-0.05, 0) is 43.3 Å². The average molecular weight is 446 g/mol. The van der Waals surface area contributed by atoms with Crippen LogP contribution in [0.4, 0.5) is 5.69 Å². The van der Waals surface area contributed by atoms with Gasteiger partial charge in [-0.15, -0.1) is 0 Å². The molecule has 2 rings (SSSR count). The number of hydrogen-bond donors (Lipinski definition) is 2. The lowest BCUT2D eigenvalue weighted by atomic mass is 10.1. The first kappa shape index (κ1) is 24.3. The van der Waals surface area contributed by atoms with Crippen molar-refractivity contribution in [1.82, 2.24) is 5.32 Å². The van der Waals surface area contributed by atoms with E-state index in [0.29, 0.717) is 35.3 Å². The Balaban J connectivity index is 1.83. The first-order valence-electron chi connectivity index (χ1n) is 9.68. The number of carbonyl (C=O) groups excluding carboxylic acids is 3. The lowest BCUT2D eigenvalue weighted by Gasteiger charge is -2.14. The molecular weight excluding hydrogens is 420 g/mol. The Kier molecular flexibility index (Phi) is 9.15. The number of esters is 1. The standard InChI is InChI=1S/C22H26N2O8/c1-5-31-16-8-6-15(7-9-16)24-19(25)13-32-20(26)12-23-22(27)14-10-17(28-2)21(30-4)18(11-14)29-3/h6-11H,5,12-13H2,1-4H3,(H,23,27)(H,24,25). The maximum atomic E-state index is 12.4. The van der Waals surface area contributed by atoms with Crippen LogP contribution < -0.4 is 29.6 Å². The van der Waals surface area contributed by atoms with Gasteiger partial charge in [0, 0.05) is 11.3 Å². The van der Waals surface area contributed by atoms with Crippen molar-refractivity contribution in [1.29, 1.82) is 0 Å². The number of methoxy groups -OCH3 is 3. The molecule has 0 fully saturated rings. The molecule has 0 spiro atoms. The molecule has 10 nitrogen and oxygen atoms in total. The molecule has 2 amide bonds. The van der Waals surface area contributed by atoms with E-state index in [4.69, 9.17) is 23.7 Å². The fourth-order valence-electron chi connectivity index (χ4n) is 2.66. The highest BCUT2D eigenvalue weighted by Crippen LogP contribution is 2.38. The van der Waals surface area contributed by atoms with E-state index < -0.39 is 30.9 Å². The van der Waals surface area contributed by atoms with Crippen LogP contribution in [0.1, 0.15) is 17.3 Å². The van der Waals surface area contributed by atoms with E-state index in [1.807, 2.05) is 6.92 Å². The SMILES string of the molecule is CCOc1ccc(NC(=O)COC(=O)CNC(=O)c2cc(OC)c(OC)c(OC)c2)cc1. The summed E-state index contributed by atoms with van der Waals surface area (Å²) < 4.78 is 25.8. The van der Waals surface area contributed by atoms with Crippen molar-refractivity contribution in [3.8, 4) is 23.0 Å². The van der Waals surface area contributed by atoms with Crippen molar-refractivity contribution in [2.24, 2.45) is 0 Å². The smallest absolute Gasteiger partial charge is 0.325 e. The van der Waals surface area contributed by atoms with E-state index in [2.05, 4.69) is 10.6 Å². The third-order valence-electron chi connectivity index (χ3n) is 4.13. The third-order valence-corrected chi connectivity index (χ3v) is 4.13. The van der Waals surface area contributed by atoms with Crippen molar-refractivity contribution in [2.75, 3.05) is 46.4 Å². The van der Waals surface area contributed by atoms with Gasteiger partial charge in [-0.2, -0.15) is 0 Å². The van der Waals surface area contributed by atoms with Crippen molar-refractivity contribution in [3.05, 3.63) is 42.0 Å². The maximum absolute atomic E-state index is 12.4. The highest BCUT2D eigenvalue weighted by atomic mass is 16.5. The average Bonchev–Trinajstić information content (AvgIpc) is 2.81. The number of rotatable bonds is 11. The Labute approximate surface area is 185 Å². The van der Waals surface area contributed by atoms with Gasteiger partial charge in [0.1, 0.15) is 12.3 Å². The molecule has 32 heavy (non-hydrogen) atoms. The summed E-state index contributed by atoms with van der Waals surface area (Å²) >= 11 is 0. The van der Waals surface area contributed by atoms with E-state index in [-0.39, 0.29) is 5.56 Å². The van der Waals surface area contributed by atoms with Crippen LogP contribution in [0.2, 0.25) is 0 Å². The number of carbonyl (C=O) groups is 3. The number of amides is 2. The minimum atomic E-state index is -0.771. The lowest BCUT2D eigenvalue weighted by molar-refractivity contribution is -0.146. The van der Waals surface area contributed by atoms with Gasteiger partial charge >= 0.3 is 5.97 Å². The molecule has 0 aliphatic carbocycles. The Morgan fingerprint density at radius 1 is 0.906 bits per heavy atom. The molecule has 0 heterocycles. The summed E-state index contributed by atoms with van der Waals surface area (Å²) in [4.78, 5) is 36.2. The fourth-order valence-corrected chi connectivity index (χ4v) is 2.66. The molecular formula is C22H26N2O8. The van der Waals surface area contributed by atoms with Crippen LogP contribution in [0.5, 0.6) is 23.0 Å². The summed E-state index contributed by atoms with van der Waals surface area (Å²) in [6.45, 7) is 1.49. The van der Waals surface area contributed by atoms with Crippen LogP contribution in [0.25, 0.3) is 0 Å². The van der Waals surface area contributed by atoms with Gasteiger partial charge in [0.05, 0.1) is 27.9 Å². The number of anilines is 1. The highest BCUT2D eigenvalue weighted by molar-refractivity contribution is 5.97. The van der Waals surface area contributed by atoms with Crippen LogP contribution >= 0.6 is 0 Å². The largest absolute Gasteiger partial charge is 0.494 e. The quantitative estimate of drug-likeness (QED) is 0.503. The number of ether oxygens (including phenoxy) is 5. The first-order valence-corrected chi connectivity index (χ1v) is 9.68. The zero-order valence-electron chi connectivity index (χ0n) is 18.4. The van der Waals surface area contributed by atoms with Crippen LogP contribution in [0.3, 0.4) is 0 Å². The van der Waals surface area contributed by atoms with Gasteiger partial charge in [0.2, 0.25) is 5.75 Å². The van der Waals surface area contributed by atoms with Crippen molar-refractivity contribution in [2.45, 2.75) is 6.92 Å². The molecule has 0 aliphatic heterocycles. The minimum Gasteiger partial charge on any atom is -0.494 e. The summed E-state index contributed by atoms with van der Waals surface area (Å²) in [5.74, 6) is -0.230. The zero-order chi connectivity index (χ0) is 23.5. The molecule has 0 saturated heterocycles. The molecule has 172 valence electrons. The van der Waals surface area contributed by atoms with Gasteiger partial charge in [-0.25, -0.2) is 0 Å². The molecule has 2 aromatic rings. The Morgan fingerprint density at radius 2 is 1.53 bits per heavy atom. The summed E-state index contributed by atoms with van der Waals surface area (Å²) in [5, 5.41) is 5.01. The van der Waals surface area contributed by atoms with Crippen molar-refractivity contribution >= 4 is 23.5 Å².